The van der Waals surface area contributed by atoms with Gasteiger partial charge in [0, 0.05) is 38.3 Å². The summed E-state index contributed by atoms with van der Waals surface area (Å²) in [4.78, 5) is 19.7. The third kappa shape index (κ3) is 6.08. The molecule has 0 spiro atoms. The number of pyridine rings is 1. The van der Waals surface area contributed by atoms with Crippen LogP contribution in [0.25, 0.3) is 0 Å². The Hall–Kier alpha value is -1.22. The number of fused-ring (bicyclic) bond motifs is 1. The number of thioether (sulfide) groups is 1. The van der Waals surface area contributed by atoms with Crippen LogP contribution in [0.5, 0.6) is 0 Å². The average molecular weight is 546 g/mol. The van der Waals surface area contributed by atoms with Crippen molar-refractivity contribution in [2.45, 2.75) is 66.9 Å². The summed E-state index contributed by atoms with van der Waals surface area (Å²) in [7, 11) is 0. The van der Waals surface area contributed by atoms with Crippen molar-refractivity contribution in [3.8, 4) is 0 Å². The minimum Gasteiger partial charge on any atom is -0.388 e. The molecule has 4 rings (SSSR count). The highest BCUT2D eigenvalue weighted by Crippen LogP contribution is 2.31. The van der Waals surface area contributed by atoms with Crippen molar-refractivity contribution >= 4 is 35.1 Å². The minimum atomic E-state index is -1.42. The number of nitrogens with two attached hydrogens (primary N) is 1. The number of carbonyl (C=O) groups is 1. The number of aliphatic hydroxyl groups is 3. The molecular weight excluding hydrogens is 510 g/mol. The SMILES string of the molecule is CSC1O[C@H]([C@H](NC(=O)[C@H]2NC[C@@H]3CN(Cc4ccnc(N)c4)CCO[C@H]32)[C@H](C)Cl)C(O)[C@@H](O)[C@H]1O. The Morgan fingerprint density at radius 2 is 2.17 bits per heavy atom. The Bertz CT molecular complexity index is 900. The van der Waals surface area contributed by atoms with Gasteiger partial charge in [0.25, 0.3) is 0 Å². The molecule has 3 aliphatic rings. The van der Waals surface area contributed by atoms with Crippen molar-refractivity contribution in [2.75, 3.05) is 38.2 Å². The number of ether oxygens (including phenoxy) is 2. The van der Waals surface area contributed by atoms with Gasteiger partial charge in [-0.25, -0.2) is 4.98 Å². The van der Waals surface area contributed by atoms with Crippen molar-refractivity contribution in [1.82, 2.24) is 20.5 Å². The molecular formula is C23H36ClN5O6S. The van der Waals surface area contributed by atoms with Crippen molar-refractivity contribution in [3.05, 3.63) is 23.9 Å². The summed E-state index contributed by atoms with van der Waals surface area (Å²) in [5.74, 6) is 0.271. The van der Waals surface area contributed by atoms with Crippen LogP contribution >= 0.6 is 23.4 Å². The molecule has 1 aromatic rings. The molecule has 3 aliphatic heterocycles. The number of halogens is 1. The molecule has 11 nitrogen and oxygen atoms in total. The lowest BCUT2D eigenvalue weighted by atomic mass is 9.92. The number of hydrogen-bond donors (Lipinski definition) is 6. The van der Waals surface area contributed by atoms with Gasteiger partial charge < -0.3 is 41.2 Å². The second-order valence-electron chi connectivity index (χ2n) is 9.69. The first-order chi connectivity index (χ1) is 17.2. The van der Waals surface area contributed by atoms with E-state index in [9.17, 15) is 20.1 Å². The van der Waals surface area contributed by atoms with Crippen molar-refractivity contribution < 1.29 is 29.6 Å². The first kappa shape index (κ1) is 27.8. The fourth-order valence-corrected chi connectivity index (χ4v) is 6.12. The fraction of sp³-hybridized carbons (Fsp3) is 0.739. The van der Waals surface area contributed by atoms with Crippen molar-refractivity contribution in [2.24, 2.45) is 5.92 Å². The number of rotatable bonds is 7. The van der Waals surface area contributed by atoms with Gasteiger partial charge in [0.2, 0.25) is 5.91 Å². The summed E-state index contributed by atoms with van der Waals surface area (Å²) in [5.41, 5.74) is 6.13. The number of nitrogens with one attached hydrogen (secondary N) is 2. The van der Waals surface area contributed by atoms with Gasteiger partial charge in [0.1, 0.15) is 41.7 Å². The zero-order chi connectivity index (χ0) is 26.0. The summed E-state index contributed by atoms with van der Waals surface area (Å²) in [6, 6.07) is 2.40. The van der Waals surface area contributed by atoms with Crippen LogP contribution in [0.3, 0.4) is 0 Å². The van der Waals surface area contributed by atoms with Gasteiger partial charge in [-0.3, -0.25) is 9.69 Å². The van der Waals surface area contributed by atoms with E-state index in [4.69, 9.17) is 26.8 Å². The normalized spacial score (nSPS) is 37.1. The first-order valence-electron chi connectivity index (χ1n) is 12.1. The Morgan fingerprint density at radius 3 is 2.86 bits per heavy atom. The number of amides is 1. The van der Waals surface area contributed by atoms with E-state index in [-0.39, 0.29) is 17.9 Å². The number of hydrogen-bond acceptors (Lipinski definition) is 11. The standard InChI is InChI=1S/C23H36ClN5O6S/c1-11(24)15(21-18(31)17(30)19(32)23(35-21)36-2)28-22(33)16-20-13(8-27-16)10-29(5-6-34-20)9-12-3-4-26-14(25)7-12/h3-4,7,11,13,15-21,23,27,30-32H,5-6,8-10H2,1-2H3,(H2,25,26)(H,28,33)/t11-,13+,15+,16-,17+,18?,19+,20+,21+,23?/m0/s1. The van der Waals surface area contributed by atoms with E-state index in [1.54, 1.807) is 19.4 Å². The molecule has 202 valence electrons. The molecule has 2 unspecified atom stereocenters. The monoisotopic (exact) mass is 545 g/mol. The molecule has 1 aromatic heterocycles. The summed E-state index contributed by atoms with van der Waals surface area (Å²) in [6.45, 7) is 4.97. The molecule has 0 aromatic carbocycles. The topological polar surface area (TPSA) is 162 Å². The Morgan fingerprint density at radius 1 is 1.39 bits per heavy atom. The lowest BCUT2D eigenvalue weighted by molar-refractivity contribution is -0.205. The Kier molecular flexibility index (Phi) is 9.34. The zero-order valence-corrected chi connectivity index (χ0v) is 21.9. The maximum atomic E-state index is 13.4. The minimum absolute atomic E-state index is 0.101. The molecule has 0 radical (unpaired) electrons. The number of alkyl halides is 1. The van der Waals surface area contributed by atoms with E-state index >= 15 is 0 Å². The molecule has 4 heterocycles. The largest absolute Gasteiger partial charge is 0.388 e. The van der Waals surface area contributed by atoms with Crippen LogP contribution in [0.4, 0.5) is 5.82 Å². The van der Waals surface area contributed by atoms with Crippen LogP contribution in [0.1, 0.15) is 12.5 Å². The fourth-order valence-electron chi connectivity index (χ4n) is 5.24. The Labute approximate surface area is 220 Å². The molecule has 0 saturated carbocycles. The van der Waals surface area contributed by atoms with E-state index in [1.807, 2.05) is 12.1 Å². The van der Waals surface area contributed by atoms with Crippen LogP contribution in [-0.4, -0.2) is 117 Å². The first-order valence-corrected chi connectivity index (χ1v) is 13.9. The number of anilines is 1. The van der Waals surface area contributed by atoms with E-state index in [0.717, 1.165) is 18.7 Å². The third-order valence-electron chi connectivity index (χ3n) is 7.13. The van der Waals surface area contributed by atoms with Crippen LogP contribution < -0.4 is 16.4 Å². The van der Waals surface area contributed by atoms with Crippen LogP contribution in [-0.2, 0) is 20.8 Å². The highest BCUT2D eigenvalue weighted by molar-refractivity contribution is 7.99. The van der Waals surface area contributed by atoms with Crippen LogP contribution in [0.15, 0.2) is 18.3 Å². The highest BCUT2D eigenvalue weighted by Gasteiger charge is 2.49. The maximum Gasteiger partial charge on any atom is 0.240 e. The van der Waals surface area contributed by atoms with E-state index in [1.165, 1.54) is 11.8 Å². The summed E-state index contributed by atoms with van der Waals surface area (Å²) >= 11 is 7.62. The third-order valence-corrected chi connectivity index (χ3v) is 8.26. The Balaban J connectivity index is 1.40. The van der Waals surface area contributed by atoms with Gasteiger partial charge in [-0.1, -0.05) is 0 Å². The quantitative estimate of drug-likeness (QED) is 0.227. The molecule has 0 aliphatic carbocycles. The molecule has 7 N–H and O–H groups in total. The number of aromatic nitrogens is 1. The predicted molar refractivity (Wildman–Crippen MR) is 136 cm³/mol. The lowest BCUT2D eigenvalue weighted by Crippen LogP contribution is -2.65. The van der Waals surface area contributed by atoms with Gasteiger partial charge in [0.15, 0.2) is 0 Å². The van der Waals surface area contributed by atoms with E-state index in [2.05, 4.69) is 20.5 Å². The van der Waals surface area contributed by atoms with Crippen molar-refractivity contribution in [3.63, 3.8) is 0 Å². The summed E-state index contributed by atoms with van der Waals surface area (Å²) in [5, 5.41) is 36.7. The van der Waals surface area contributed by atoms with Gasteiger partial charge in [-0.2, -0.15) is 0 Å². The molecule has 1 amide bonds. The molecule has 13 heteroatoms. The summed E-state index contributed by atoms with van der Waals surface area (Å²) < 4.78 is 12.0. The summed E-state index contributed by atoms with van der Waals surface area (Å²) in [6.07, 6.45) is -1.98. The molecule has 3 fully saturated rings. The van der Waals surface area contributed by atoms with E-state index in [0.29, 0.717) is 25.5 Å². The molecule has 10 atom stereocenters. The maximum absolute atomic E-state index is 13.4. The van der Waals surface area contributed by atoms with Crippen LogP contribution in [0.2, 0.25) is 0 Å². The second-order valence-corrected chi connectivity index (χ2v) is 11.3. The second kappa shape index (κ2) is 12.1. The predicted octanol–water partition coefficient (Wildman–Crippen LogP) is -1.26. The van der Waals surface area contributed by atoms with Gasteiger partial charge >= 0.3 is 0 Å². The number of carbonyl (C=O) groups excluding carboxylic acids is 1. The zero-order valence-electron chi connectivity index (χ0n) is 20.4. The molecule has 0 bridgehead atoms. The van der Waals surface area contributed by atoms with Gasteiger partial charge in [-0.05, 0) is 30.9 Å². The average Bonchev–Trinajstić information content (AvgIpc) is 3.13. The number of aliphatic hydroxyl groups excluding tert-OH is 3. The van der Waals surface area contributed by atoms with Gasteiger partial charge in [0.05, 0.1) is 24.1 Å². The molecule has 3 saturated heterocycles. The highest BCUT2D eigenvalue weighted by atomic mass is 35.5. The lowest BCUT2D eigenvalue weighted by Gasteiger charge is -2.44. The van der Waals surface area contributed by atoms with Crippen molar-refractivity contribution in [1.29, 1.82) is 0 Å². The number of nitrogens with zero attached hydrogens (tertiary/aromatic N) is 2. The van der Waals surface area contributed by atoms with Gasteiger partial charge in [-0.15, -0.1) is 23.4 Å². The van der Waals surface area contributed by atoms with E-state index < -0.39 is 47.3 Å². The smallest absolute Gasteiger partial charge is 0.240 e. The number of nitrogen functional groups attached to an aromatic ring is 1. The molecule has 36 heavy (non-hydrogen) atoms. The van der Waals surface area contributed by atoms with Crippen LogP contribution in [0, 0.1) is 5.92 Å².